The van der Waals surface area contributed by atoms with Gasteiger partial charge in [0.05, 0.1) is 4.58 Å². The third-order valence-electron chi connectivity index (χ3n) is 4.33. The van der Waals surface area contributed by atoms with Crippen LogP contribution >= 0.6 is 23.5 Å². The van der Waals surface area contributed by atoms with Gasteiger partial charge in [-0.3, -0.25) is 4.79 Å². The summed E-state index contributed by atoms with van der Waals surface area (Å²) in [6, 6.07) is 8.54. The summed E-state index contributed by atoms with van der Waals surface area (Å²) in [5, 5.41) is 3.18. The van der Waals surface area contributed by atoms with Crippen molar-refractivity contribution in [2.45, 2.75) is 29.9 Å². The maximum atomic E-state index is 12.3. The van der Waals surface area contributed by atoms with E-state index in [0.29, 0.717) is 10.6 Å². The van der Waals surface area contributed by atoms with Gasteiger partial charge in [0.25, 0.3) is 5.91 Å². The summed E-state index contributed by atoms with van der Waals surface area (Å²) in [5.41, 5.74) is 2.12. The van der Waals surface area contributed by atoms with Crippen molar-refractivity contribution in [1.82, 2.24) is 10.2 Å². The Labute approximate surface area is 141 Å². The summed E-state index contributed by atoms with van der Waals surface area (Å²) in [7, 11) is 2.14. The molecular formula is C17H24N2OS2. The van der Waals surface area contributed by atoms with Gasteiger partial charge in [-0.05, 0) is 68.6 Å². The Balaban J connectivity index is 1.56. The number of hydrogen-bond acceptors (Lipinski definition) is 4. The van der Waals surface area contributed by atoms with E-state index in [2.05, 4.69) is 29.4 Å². The molecule has 22 heavy (non-hydrogen) atoms. The third-order valence-corrected chi connectivity index (χ3v) is 7.34. The maximum absolute atomic E-state index is 12.3. The van der Waals surface area contributed by atoms with E-state index in [1.165, 1.54) is 23.5 Å². The molecular weight excluding hydrogens is 312 g/mol. The molecule has 0 bridgehead atoms. The SMILES string of the molecule is CN1CCC(NC(=O)c2ccc(C3SCCCS3)cc2)CC1. The molecule has 1 N–H and O–H groups in total. The fourth-order valence-electron chi connectivity index (χ4n) is 2.89. The number of carbonyl (C=O) groups excluding carboxylic acids is 1. The number of nitrogens with one attached hydrogen (secondary N) is 1. The van der Waals surface area contributed by atoms with Crippen LogP contribution in [0.25, 0.3) is 0 Å². The molecule has 1 amide bonds. The molecule has 0 saturated carbocycles. The smallest absolute Gasteiger partial charge is 0.251 e. The lowest BCUT2D eigenvalue weighted by Crippen LogP contribution is -2.43. The highest BCUT2D eigenvalue weighted by molar-refractivity contribution is 8.16. The Morgan fingerprint density at radius 3 is 2.41 bits per heavy atom. The summed E-state index contributed by atoms with van der Waals surface area (Å²) < 4.78 is 0.541. The van der Waals surface area contributed by atoms with Crippen LogP contribution in [0.5, 0.6) is 0 Å². The van der Waals surface area contributed by atoms with Crippen LogP contribution in [0, 0.1) is 0 Å². The van der Waals surface area contributed by atoms with E-state index >= 15 is 0 Å². The van der Waals surface area contributed by atoms with Gasteiger partial charge < -0.3 is 10.2 Å². The zero-order valence-corrected chi connectivity index (χ0v) is 14.7. The van der Waals surface area contributed by atoms with Crippen molar-refractivity contribution >= 4 is 29.4 Å². The van der Waals surface area contributed by atoms with Gasteiger partial charge in [0, 0.05) is 11.6 Å². The molecule has 3 rings (SSSR count). The fraction of sp³-hybridized carbons (Fsp3) is 0.588. The third kappa shape index (κ3) is 4.21. The van der Waals surface area contributed by atoms with Crippen LogP contribution in [0.1, 0.15) is 39.8 Å². The Morgan fingerprint density at radius 1 is 1.14 bits per heavy atom. The summed E-state index contributed by atoms with van der Waals surface area (Å²) in [4.78, 5) is 14.7. The quantitative estimate of drug-likeness (QED) is 0.917. The molecule has 120 valence electrons. The summed E-state index contributed by atoms with van der Waals surface area (Å²) in [5.74, 6) is 2.57. The number of nitrogens with zero attached hydrogens (tertiary/aromatic N) is 1. The van der Waals surface area contributed by atoms with E-state index in [9.17, 15) is 4.79 Å². The van der Waals surface area contributed by atoms with Gasteiger partial charge in [0.1, 0.15) is 0 Å². The zero-order chi connectivity index (χ0) is 15.4. The molecule has 0 atom stereocenters. The highest BCUT2D eigenvalue weighted by Crippen LogP contribution is 2.43. The normalized spacial score (nSPS) is 21.7. The summed E-state index contributed by atoms with van der Waals surface area (Å²) in [6.07, 6.45) is 3.41. The second-order valence-electron chi connectivity index (χ2n) is 6.10. The Morgan fingerprint density at radius 2 is 1.77 bits per heavy atom. The zero-order valence-electron chi connectivity index (χ0n) is 13.1. The van der Waals surface area contributed by atoms with Crippen molar-refractivity contribution in [1.29, 1.82) is 0 Å². The molecule has 1 aromatic carbocycles. The first kappa shape index (κ1) is 16.2. The number of hydrogen-bond donors (Lipinski definition) is 1. The summed E-state index contributed by atoms with van der Waals surface area (Å²) >= 11 is 4.03. The van der Waals surface area contributed by atoms with Gasteiger partial charge in [-0.1, -0.05) is 12.1 Å². The number of likely N-dealkylation sites (tertiary alicyclic amines) is 1. The lowest BCUT2D eigenvalue weighted by Gasteiger charge is -2.29. The average Bonchev–Trinajstić information content (AvgIpc) is 2.58. The number of amides is 1. The van der Waals surface area contributed by atoms with Crippen LogP contribution in [0.2, 0.25) is 0 Å². The molecule has 0 aliphatic carbocycles. The lowest BCUT2D eigenvalue weighted by atomic mass is 10.0. The van der Waals surface area contributed by atoms with Crippen molar-refractivity contribution in [2.24, 2.45) is 0 Å². The number of piperidine rings is 1. The minimum absolute atomic E-state index is 0.0741. The van der Waals surface area contributed by atoms with E-state index in [0.717, 1.165) is 31.5 Å². The van der Waals surface area contributed by atoms with Gasteiger partial charge in [-0.15, -0.1) is 23.5 Å². The first-order valence-corrected chi connectivity index (χ1v) is 10.1. The Hall–Kier alpha value is -0.650. The topological polar surface area (TPSA) is 32.3 Å². The monoisotopic (exact) mass is 336 g/mol. The molecule has 0 radical (unpaired) electrons. The minimum atomic E-state index is 0.0741. The molecule has 0 unspecified atom stereocenters. The molecule has 0 aromatic heterocycles. The molecule has 2 aliphatic heterocycles. The molecule has 2 aliphatic rings. The number of thioether (sulfide) groups is 2. The van der Waals surface area contributed by atoms with E-state index < -0.39 is 0 Å². The molecule has 2 saturated heterocycles. The molecule has 2 heterocycles. The number of benzene rings is 1. The van der Waals surface area contributed by atoms with Crippen LogP contribution < -0.4 is 5.32 Å². The van der Waals surface area contributed by atoms with E-state index in [4.69, 9.17) is 0 Å². The Bertz CT molecular complexity index is 492. The van der Waals surface area contributed by atoms with Gasteiger partial charge >= 0.3 is 0 Å². The number of carbonyl (C=O) groups is 1. The van der Waals surface area contributed by atoms with Gasteiger partial charge in [0.15, 0.2) is 0 Å². The summed E-state index contributed by atoms with van der Waals surface area (Å²) in [6.45, 7) is 2.14. The second kappa shape index (κ2) is 7.75. The fourth-order valence-corrected chi connectivity index (χ4v) is 5.79. The van der Waals surface area contributed by atoms with E-state index in [-0.39, 0.29) is 5.91 Å². The van der Waals surface area contributed by atoms with Crippen LogP contribution in [0.3, 0.4) is 0 Å². The highest BCUT2D eigenvalue weighted by atomic mass is 32.2. The minimum Gasteiger partial charge on any atom is -0.349 e. The standard InChI is InChI=1S/C17H24N2OS2/c1-19-9-7-15(8-10-19)18-16(20)13-3-5-14(6-4-13)17-21-11-2-12-22-17/h3-6,15,17H,2,7-12H2,1H3,(H,18,20). The number of rotatable bonds is 3. The van der Waals surface area contributed by atoms with Gasteiger partial charge in [-0.25, -0.2) is 0 Å². The van der Waals surface area contributed by atoms with Gasteiger partial charge in [-0.2, -0.15) is 0 Å². The molecule has 3 nitrogen and oxygen atoms in total. The Kier molecular flexibility index (Phi) is 5.71. The first-order valence-electron chi connectivity index (χ1n) is 8.05. The lowest BCUT2D eigenvalue weighted by molar-refractivity contribution is 0.0917. The predicted octanol–water partition coefficient (Wildman–Crippen LogP) is 3.38. The van der Waals surface area contributed by atoms with Crippen LogP contribution in [0.15, 0.2) is 24.3 Å². The molecule has 0 spiro atoms. The molecule has 5 heteroatoms. The van der Waals surface area contributed by atoms with Crippen LogP contribution in [-0.2, 0) is 0 Å². The van der Waals surface area contributed by atoms with Crippen molar-refractivity contribution in [3.05, 3.63) is 35.4 Å². The average molecular weight is 337 g/mol. The molecule has 1 aromatic rings. The van der Waals surface area contributed by atoms with Crippen molar-refractivity contribution in [3.8, 4) is 0 Å². The van der Waals surface area contributed by atoms with Crippen molar-refractivity contribution in [3.63, 3.8) is 0 Å². The van der Waals surface area contributed by atoms with Gasteiger partial charge in [0.2, 0.25) is 0 Å². The maximum Gasteiger partial charge on any atom is 0.251 e. The molecule has 2 fully saturated rings. The predicted molar refractivity (Wildman–Crippen MR) is 96.7 cm³/mol. The van der Waals surface area contributed by atoms with E-state index in [1.54, 1.807) is 0 Å². The first-order chi connectivity index (χ1) is 10.7. The largest absolute Gasteiger partial charge is 0.349 e. The van der Waals surface area contributed by atoms with Crippen molar-refractivity contribution < 1.29 is 4.79 Å². The van der Waals surface area contributed by atoms with Crippen LogP contribution in [0.4, 0.5) is 0 Å². The second-order valence-corrected chi connectivity index (χ2v) is 8.82. The van der Waals surface area contributed by atoms with Crippen molar-refractivity contribution in [2.75, 3.05) is 31.6 Å². The highest BCUT2D eigenvalue weighted by Gasteiger charge is 2.20. The van der Waals surface area contributed by atoms with E-state index in [1.807, 2.05) is 35.7 Å². The van der Waals surface area contributed by atoms with Crippen LogP contribution in [-0.4, -0.2) is 48.5 Å².